The molecule has 2 aromatic rings. The van der Waals surface area contributed by atoms with E-state index >= 15 is 0 Å². The highest BCUT2D eigenvalue weighted by atomic mass is 19.1. The number of hydrogen-bond acceptors (Lipinski definition) is 4. The topological polar surface area (TPSA) is 71.8 Å². The molecule has 0 aliphatic carbocycles. The third-order valence-electron chi connectivity index (χ3n) is 4.36. The van der Waals surface area contributed by atoms with Crippen LogP contribution in [-0.2, 0) is 4.79 Å². The van der Waals surface area contributed by atoms with E-state index in [-0.39, 0.29) is 23.7 Å². The van der Waals surface area contributed by atoms with Crippen LogP contribution in [0.4, 0.5) is 4.39 Å². The van der Waals surface area contributed by atoms with E-state index in [1.807, 2.05) is 0 Å². The van der Waals surface area contributed by atoms with E-state index < -0.39 is 6.10 Å². The quantitative estimate of drug-likeness (QED) is 0.890. The number of piperidine rings is 1. The average Bonchev–Trinajstić information content (AvgIpc) is 3.18. The second-order valence-corrected chi connectivity index (χ2v) is 6.27. The Labute approximate surface area is 150 Å². The molecule has 0 radical (unpaired) electrons. The van der Waals surface area contributed by atoms with Gasteiger partial charge in [0.2, 0.25) is 0 Å². The molecule has 1 fully saturated rings. The van der Waals surface area contributed by atoms with Crippen LogP contribution in [-0.4, -0.2) is 41.9 Å². The lowest BCUT2D eigenvalue weighted by atomic mass is 10.0. The fourth-order valence-electron chi connectivity index (χ4n) is 2.87. The van der Waals surface area contributed by atoms with Crippen LogP contribution < -0.4 is 10.1 Å². The molecule has 0 spiro atoms. The Morgan fingerprint density at radius 1 is 1.23 bits per heavy atom. The molecule has 1 aromatic heterocycles. The highest BCUT2D eigenvalue weighted by Gasteiger charge is 2.27. The lowest BCUT2D eigenvalue weighted by Crippen LogP contribution is -2.49. The van der Waals surface area contributed by atoms with Crippen LogP contribution in [0.1, 0.15) is 30.3 Å². The predicted octanol–water partition coefficient (Wildman–Crippen LogP) is 2.61. The predicted molar refractivity (Wildman–Crippen MR) is 92.3 cm³/mol. The molecule has 26 heavy (non-hydrogen) atoms. The van der Waals surface area contributed by atoms with E-state index in [1.165, 1.54) is 30.5 Å². The fourth-order valence-corrected chi connectivity index (χ4v) is 2.87. The van der Waals surface area contributed by atoms with E-state index in [0.717, 1.165) is 0 Å². The van der Waals surface area contributed by atoms with Crippen molar-refractivity contribution in [3.05, 3.63) is 54.2 Å². The largest absolute Gasteiger partial charge is 0.481 e. The van der Waals surface area contributed by atoms with Gasteiger partial charge in [0, 0.05) is 19.1 Å². The Hall–Kier alpha value is -2.83. The van der Waals surface area contributed by atoms with E-state index in [2.05, 4.69) is 5.32 Å². The smallest absolute Gasteiger partial charge is 0.289 e. The van der Waals surface area contributed by atoms with Gasteiger partial charge in [0.25, 0.3) is 11.8 Å². The molecule has 1 N–H and O–H groups in total. The van der Waals surface area contributed by atoms with Crippen LogP contribution in [0.3, 0.4) is 0 Å². The molecule has 2 amide bonds. The van der Waals surface area contributed by atoms with Crippen LogP contribution in [0.15, 0.2) is 47.1 Å². The van der Waals surface area contributed by atoms with Crippen molar-refractivity contribution in [2.45, 2.75) is 31.9 Å². The first-order valence-electron chi connectivity index (χ1n) is 8.58. The minimum absolute atomic E-state index is 0.0116. The summed E-state index contributed by atoms with van der Waals surface area (Å²) >= 11 is 0. The molecule has 1 aliphatic rings. The number of amides is 2. The Kier molecular flexibility index (Phi) is 5.55. The van der Waals surface area contributed by atoms with Crippen molar-refractivity contribution >= 4 is 11.8 Å². The Balaban J connectivity index is 1.45. The number of hydrogen-bond donors (Lipinski definition) is 1. The van der Waals surface area contributed by atoms with Gasteiger partial charge in [-0.25, -0.2) is 4.39 Å². The number of carbonyl (C=O) groups is 2. The van der Waals surface area contributed by atoms with Gasteiger partial charge < -0.3 is 19.4 Å². The number of furan rings is 1. The van der Waals surface area contributed by atoms with Crippen molar-refractivity contribution in [3.8, 4) is 5.75 Å². The maximum Gasteiger partial charge on any atom is 0.289 e. The van der Waals surface area contributed by atoms with Gasteiger partial charge in [-0.2, -0.15) is 0 Å². The van der Waals surface area contributed by atoms with Gasteiger partial charge >= 0.3 is 0 Å². The second-order valence-electron chi connectivity index (χ2n) is 6.27. The van der Waals surface area contributed by atoms with Crippen molar-refractivity contribution < 1.29 is 23.1 Å². The normalized spacial score (nSPS) is 16.2. The summed E-state index contributed by atoms with van der Waals surface area (Å²) in [6.07, 6.45) is 2.12. The summed E-state index contributed by atoms with van der Waals surface area (Å²) in [4.78, 5) is 26.2. The summed E-state index contributed by atoms with van der Waals surface area (Å²) in [7, 11) is 0. The first-order chi connectivity index (χ1) is 12.5. The zero-order chi connectivity index (χ0) is 18.5. The van der Waals surface area contributed by atoms with Crippen LogP contribution >= 0.6 is 0 Å². The molecular formula is C19H21FN2O4. The standard InChI is InChI=1S/C19H21FN2O4/c1-13(26-16-6-4-14(20)5-7-16)18(23)21-15-8-10-22(11-9-15)19(24)17-3-2-12-25-17/h2-7,12-13,15H,8-11H2,1H3,(H,21,23). The van der Waals surface area contributed by atoms with Gasteiger partial charge in [0.15, 0.2) is 11.9 Å². The van der Waals surface area contributed by atoms with Crippen LogP contribution in [0, 0.1) is 5.82 Å². The Morgan fingerprint density at radius 3 is 2.54 bits per heavy atom. The molecule has 2 heterocycles. The van der Waals surface area contributed by atoms with Gasteiger partial charge in [-0.3, -0.25) is 9.59 Å². The Morgan fingerprint density at radius 2 is 1.92 bits per heavy atom. The molecule has 1 unspecified atom stereocenters. The zero-order valence-corrected chi connectivity index (χ0v) is 14.5. The summed E-state index contributed by atoms with van der Waals surface area (Å²) in [6.45, 7) is 2.75. The number of halogens is 1. The molecule has 1 atom stereocenters. The third-order valence-corrected chi connectivity index (χ3v) is 4.36. The lowest BCUT2D eigenvalue weighted by Gasteiger charge is -2.32. The molecule has 0 saturated carbocycles. The van der Waals surface area contributed by atoms with Crippen molar-refractivity contribution in [1.29, 1.82) is 0 Å². The summed E-state index contributed by atoms with van der Waals surface area (Å²) in [5, 5.41) is 2.95. The summed E-state index contributed by atoms with van der Waals surface area (Å²) < 4.78 is 23.6. The van der Waals surface area contributed by atoms with E-state index in [9.17, 15) is 14.0 Å². The van der Waals surface area contributed by atoms with Gasteiger partial charge in [-0.05, 0) is 56.2 Å². The monoisotopic (exact) mass is 360 g/mol. The summed E-state index contributed by atoms with van der Waals surface area (Å²) in [5.41, 5.74) is 0. The van der Waals surface area contributed by atoms with Gasteiger partial charge in [0.05, 0.1) is 6.26 Å². The van der Waals surface area contributed by atoms with Gasteiger partial charge in [-0.15, -0.1) is 0 Å². The van der Waals surface area contributed by atoms with Gasteiger partial charge in [-0.1, -0.05) is 0 Å². The molecule has 7 heteroatoms. The summed E-state index contributed by atoms with van der Waals surface area (Å²) in [5.74, 6) is 0.0463. The first kappa shape index (κ1) is 18.0. The number of rotatable bonds is 5. The molecule has 3 rings (SSSR count). The molecule has 0 bridgehead atoms. The van der Waals surface area contributed by atoms with Gasteiger partial charge in [0.1, 0.15) is 11.6 Å². The molecule has 138 valence electrons. The number of ether oxygens (including phenoxy) is 1. The van der Waals surface area contributed by atoms with Crippen molar-refractivity contribution in [3.63, 3.8) is 0 Å². The summed E-state index contributed by atoms with van der Waals surface area (Å²) in [6, 6.07) is 8.85. The lowest BCUT2D eigenvalue weighted by molar-refractivity contribution is -0.128. The number of benzene rings is 1. The Bertz CT molecular complexity index is 737. The van der Waals surface area contributed by atoms with Crippen LogP contribution in [0.2, 0.25) is 0 Å². The zero-order valence-electron chi connectivity index (χ0n) is 14.5. The minimum Gasteiger partial charge on any atom is -0.481 e. The van der Waals surface area contributed by atoms with Crippen molar-refractivity contribution in [2.24, 2.45) is 0 Å². The number of nitrogens with zero attached hydrogens (tertiary/aromatic N) is 1. The third kappa shape index (κ3) is 4.41. The molecular weight excluding hydrogens is 339 g/mol. The molecule has 1 saturated heterocycles. The average molecular weight is 360 g/mol. The second kappa shape index (κ2) is 8.03. The van der Waals surface area contributed by atoms with E-state index in [0.29, 0.717) is 37.4 Å². The van der Waals surface area contributed by atoms with Crippen LogP contribution in [0.25, 0.3) is 0 Å². The highest BCUT2D eigenvalue weighted by Crippen LogP contribution is 2.16. The maximum atomic E-state index is 12.9. The van der Waals surface area contributed by atoms with Crippen LogP contribution in [0.5, 0.6) is 5.75 Å². The highest BCUT2D eigenvalue weighted by molar-refractivity contribution is 5.91. The number of likely N-dealkylation sites (tertiary alicyclic amines) is 1. The molecule has 1 aromatic carbocycles. The minimum atomic E-state index is -0.691. The van der Waals surface area contributed by atoms with Crippen molar-refractivity contribution in [2.75, 3.05) is 13.1 Å². The van der Waals surface area contributed by atoms with Crippen molar-refractivity contribution in [1.82, 2.24) is 10.2 Å². The molecule has 6 nitrogen and oxygen atoms in total. The number of nitrogens with one attached hydrogen (secondary N) is 1. The molecule has 1 aliphatic heterocycles. The SMILES string of the molecule is CC(Oc1ccc(F)cc1)C(=O)NC1CCN(C(=O)c2ccco2)CC1. The maximum absolute atomic E-state index is 12.9. The fraction of sp³-hybridized carbons (Fsp3) is 0.368. The van der Waals surface area contributed by atoms with E-state index in [4.69, 9.17) is 9.15 Å². The first-order valence-corrected chi connectivity index (χ1v) is 8.58. The van der Waals surface area contributed by atoms with E-state index in [1.54, 1.807) is 24.0 Å². The number of carbonyl (C=O) groups excluding carboxylic acids is 2.